The summed E-state index contributed by atoms with van der Waals surface area (Å²) >= 11 is 0. The molecule has 0 amide bonds. The third-order valence-corrected chi connectivity index (χ3v) is 3.35. The van der Waals surface area contributed by atoms with E-state index in [0.717, 1.165) is 18.2 Å². The van der Waals surface area contributed by atoms with E-state index in [1.807, 2.05) is 13.8 Å². The van der Waals surface area contributed by atoms with Gasteiger partial charge >= 0.3 is 0 Å². The summed E-state index contributed by atoms with van der Waals surface area (Å²) in [6, 6.07) is 3.05. The minimum atomic E-state index is -1.18. The van der Waals surface area contributed by atoms with Gasteiger partial charge in [-0.05, 0) is 31.0 Å². The minimum absolute atomic E-state index is 0.0597. The van der Waals surface area contributed by atoms with Crippen molar-refractivity contribution in [3.05, 3.63) is 35.4 Å². The Labute approximate surface area is 100 Å². The van der Waals surface area contributed by atoms with Crippen LogP contribution in [-0.4, -0.2) is 17.8 Å². The lowest BCUT2D eigenvalue weighted by atomic mass is 9.86. The Morgan fingerprint density at radius 2 is 1.88 bits per heavy atom. The summed E-state index contributed by atoms with van der Waals surface area (Å²) in [5.74, 6) is -1.19. The van der Waals surface area contributed by atoms with Crippen LogP contribution in [0.25, 0.3) is 0 Å². The first-order valence-corrected chi connectivity index (χ1v) is 5.69. The van der Waals surface area contributed by atoms with Gasteiger partial charge in [0.25, 0.3) is 0 Å². The number of ether oxygens (including phenoxy) is 1. The molecule has 0 aliphatic carbocycles. The zero-order chi connectivity index (χ0) is 13.1. The molecule has 1 aromatic carbocycles. The van der Waals surface area contributed by atoms with E-state index in [-0.39, 0.29) is 5.56 Å². The van der Waals surface area contributed by atoms with Crippen molar-refractivity contribution in [1.29, 1.82) is 0 Å². The Kier molecular flexibility index (Phi) is 4.60. The van der Waals surface area contributed by atoms with Gasteiger partial charge in [-0.1, -0.05) is 13.8 Å². The second kappa shape index (κ2) is 5.56. The lowest BCUT2D eigenvalue weighted by molar-refractivity contribution is -0.111. The molecule has 2 nitrogen and oxygen atoms in total. The SMILES string of the molecule is CCC(CC)(OC)C(O)c1cc(F)ccc1F. The summed E-state index contributed by atoms with van der Waals surface area (Å²) in [6.45, 7) is 3.68. The van der Waals surface area contributed by atoms with Crippen LogP contribution in [0.2, 0.25) is 0 Å². The van der Waals surface area contributed by atoms with Gasteiger partial charge < -0.3 is 9.84 Å². The predicted molar refractivity (Wildman–Crippen MR) is 61.6 cm³/mol. The van der Waals surface area contributed by atoms with Gasteiger partial charge in [0.05, 0.1) is 5.60 Å². The molecule has 0 aromatic heterocycles. The van der Waals surface area contributed by atoms with E-state index in [4.69, 9.17) is 4.74 Å². The molecule has 1 rings (SSSR count). The highest BCUT2D eigenvalue weighted by atomic mass is 19.1. The Bertz CT molecular complexity index is 367. The van der Waals surface area contributed by atoms with Gasteiger partial charge in [-0.25, -0.2) is 8.78 Å². The average Bonchev–Trinajstić information content (AvgIpc) is 2.35. The topological polar surface area (TPSA) is 29.5 Å². The third kappa shape index (κ3) is 2.64. The second-order valence-corrected chi connectivity index (χ2v) is 4.04. The molecule has 1 aromatic rings. The van der Waals surface area contributed by atoms with Crippen molar-refractivity contribution in [2.75, 3.05) is 7.11 Å². The first-order chi connectivity index (χ1) is 8.00. The molecule has 0 saturated heterocycles. The Balaban J connectivity index is 3.17. The molecule has 0 heterocycles. The van der Waals surface area contributed by atoms with E-state index in [9.17, 15) is 13.9 Å². The van der Waals surface area contributed by atoms with E-state index in [1.54, 1.807) is 0 Å². The molecular formula is C13H18F2O2. The van der Waals surface area contributed by atoms with Crippen LogP contribution in [0.3, 0.4) is 0 Å². The van der Waals surface area contributed by atoms with Gasteiger partial charge in [0.15, 0.2) is 0 Å². The highest BCUT2D eigenvalue weighted by Crippen LogP contribution is 2.36. The van der Waals surface area contributed by atoms with Crippen LogP contribution in [0.5, 0.6) is 0 Å². The minimum Gasteiger partial charge on any atom is -0.385 e. The second-order valence-electron chi connectivity index (χ2n) is 4.04. The van der Waals surface area contributed by atoms with Crippen LogP contribution in [0, 0.1) is 11.6 Å². The van der Waals surface area contributed by atoms with E-state index in [0.29, 0.717) is 12.8 Å². The summed E-state index contributed by atoms with van der Waals surface area (Å²) in [7, 11) is 1.47. The van der Waals surface area contributed by atoms with Crippen molar-refractivity contribution in [2.24, 2.45) is 0 Å². The monoisotopic (exact) mass is 244 g/mol. The summed E-state index contributed by atoms with van der Waals surface area (Å²) < 4.78 is 32.0. The van der Waals surface area contributed by atoms with Crippen LogP contribution in [-0.2, 0) is 4.74 Å². The molecular weight excluding hydrogens is 226 g/mol. The molecule has 17 heavy (non-hydrogen) atoms. The van der Waals surface area contributed by atoms with Gasteiger partial charge in [-0.2, -0.15) is 0 Å². The van der Waals surface area contributed by atoms with E-state index in [2.05, 4.69) is 0 Å². The molecule has 0 aliphatic rings. The van der Waals surface area contributed by atoms with Gasteiger partial charge in [-0.15, -0.1) is 0 Å². The van der Waals surface area contributed by atoms with Crippen molar-refractivity contribution in [3.8, 4) is 0 Å². The van der Waals surface area contributed by atoms with E-state index >= 15 is 0 Å². The number of aliphatic hydroxyl groups is 1. The van der Waals surface area contributed by atoms with E-state index < -0.39 is 23.3 Å². The van der Waals surface area contributed by atoms with Crippen molar-refractivity contribution < 1.29 is 18.6 Å². The molecule has 4 heteroatoms. The number of hydrogen-bond acceptors (Lipinski definition) is 2. The van der Waals surface area contributed by atoms with Crippen LogP contribution in [0.15, 0.2) is 18.2 Å². The molecule has 0 aliphatic heterocycles. The van der Waals surface area contributed by atoms with Crippen LogP contribution >= 0.6 is 0 Å². The van der Waals surface area contributed by atoms with Crippen molar-refractivity contribution in [3.63, 3.8) is 0 Å². The number of rotatable bonds is 5. The lowest BCUT2D eigenvalue weighted by Crippen LogP contribution is -2.37. The maximum atomic E-state index is 13.6. The predicted octanol–water partition coefficient (Wildman–Crippen LogP) is 3.20. The summed E-state index contributed by atoms with van der Waals surface area (Å²) in [6.07, 6.45) is -0.160. The number of aliphatic hydroxyl groups excluding tert-OH is 1. The molecule has 0 radical (unpaired) electrons. The fourth-order valence-corrected chi connectivity index (χ4v) is 2.04. The standard InChI is InChI=1S/C13H18F2O2/c1-4-13(5-2,17-3)12(16)10-8-9(14)6-7-11(10)15/h6-8,12,16H,4-5H2,1-3H3. The maximum absolute atomic E-state index is 13.6. The molecule has 0 saturated carbocycles. The quantitative estimate of drug-likeness (QED) is 0.861. The lowest BCUT2D eigenvalue weighted by Gasteiger charge is -2.35. The Hall–Kier alpha value is -1.00. The molecule has 1 atom stereocenters. The molecule has 0 spiro atoms. The first-order valence-electron chi connectivity index (χ1n) is 5.69. The Morgan fingerprint density at radius 3 is 2.35 bits per heavy atom. The zero-order valence-electron chi connectivity index (χ0n) is 10.3. The van der Waals surface area contributed by atoms with Crippen molar-refractivity contribution in [2.45, 2.75) is 38.4 Å². The first kappa shape index (κ1) is 14.1. The van der Waals surface area contributed by atoms with Gasteiger partial charge in [0.1, 0.15) is 17.7 Å². The largest absolute Gasteiger partial charge is 0.385 e. The maximum Gasteiger partial charge on any atom is 0.129 e. The number of methoxy groups -OCH3 is 1. The number of benzene rings is 1. The average molecular weight is 244 g/mol. The summed E-state index contributed by atoms with van der Waals surface area (Å²) in [5.41, 5.74) is -0.940. The van der Waals surface area contributed by atoms with Gasteiger partial charge in [0.2, 0.25) is 0 Å². The fourth-order valence-electron chi connectivity index (χ4n) is 2.04. The number of hydrogen-bond donors (Lipinski definition) is 1. The molecule has 0 bridgehead atoms. The summed E-state index contributed by atoms with van der Waals surface area (Å²) in [5, 5.41) is 10.2. The molecule has 1 N–H and O–H groups in total. The Morgan fingerprint density at radius 1 is 1.29 bits per heavy atom. The van der Waals surface area contributed by atoms with Gasteiger partial charge in [0, 0.05) is 12.7 Å². The molecule has 96 valence electrons. The normalized spacial score (nSPS) is 13.8. The number of halogens is 2. The smallest absolute Gasteiger partial charge is 0.129 e. The highest BCUT2D eigenvalue weighted by Gasteiger charge is 2.37. The van der Waals surface area contributed by atoms with Crippen molar-refractivity contribution >= 4 is 0 Å². The molecule has 0 fully saturated rings. The van der Waals surface area contributed by atoms with Crippen LogP contribution < -0.4 is 0 Å². The van der Waals surface area contributed by atoms with E-state index in [1.165, 1.54) is 7.11 Å². The van der Waals surface area contributed by atoms with Gasteiger partial charge in [-0.3, -0.25) is 0 Å². The van der Waals surface area contributed by atoms with Crippen LogP contribution in [0.4, 0.5) is 8.78 Å². The summed E-state index contributed by atoms with van der Waals surface area (Å²) in [4.78, 5) is 0. The van der Waals surface area contributed by atoms with Crippen molar-refractivity contribution in [1.82, 2.24) is 0 Å². The fraction of sp³-hybridized carbons (Fsp3) is 0.538. The third-order valence-electron chi connectivity index (χ3n) is 3.35. The van der Waals surface area contributed by atoms with Crippen LogP contribution in [0.1, 0.15) is 38.4 Å². The highest BCUT2D eigenvalue weighted by molar-refractivity contribution is 5.23. The molecule has 1 unspecified atom stereocenters. The zero-order valence-corrected chi connectivity index (χ0v) is 10.3.